The molecule has 0 aliphatic heterocycles. The summed E-state index contributed by atoms with van der Waals surface area (Å²) in [5.74, 6) is 0.937. The summed E-state index contributed by atoms with van der Waals surface area (Å²) in [4.78, 5) is 0. The van der Waals surface area contributed by atoms with Gasteiger partial charge in [-0.15, -0.1) is 0 Å². The highest BCUT2D eigenvalue weighted by atomic mass is 16.5. The van der Waals surface area contributed by atoms with E-state index in [-0.39, 0.29) is 17.6 Å². The number of hydrogen-bond donors (Lipinski definition) is 1. The van der Waals surface area contributed by atoms with Gasteiger partial charge in [0.2, 0.25) is 0 Å². The number of benzene rings is 1. The van der Waals surface area contributed by atoms with Crippen molar-refractivity contribution in [3.8, 4) is 5.75 Å². The van der Waals surface area contributed by atoms with Crippen molar-refractivity contribution in [1.29, 1.82) is 0 Å². The minimum absolute atomic E-state index is 0.0306. The molecule has 2 atom stereocenters. The third-order valence-electron chi connectivity index (χ3n) is 5.07. The van der Waals surface area contributed by atoms with Gasteiger partial charge in [-0.25, -0.2) is 0 Å². The van der Waals surface area contributed by atoms with Crippen molar-refractivity contribution in [2.45, 2.75) is 71.0 Å². The van der Waals surface area contributed by atoms with Crippen LogP contribution in [-0.2, 0) is 12.8 Å². The van der Waals surface area contributed by atoms with Gasteiger partial charge < -0.3 is 9.84 Å². The molecule has 0 bridgehead atoms. The maximum Gasteiger partial charge on any atom is 0.125 e. The summed E-state index contributed by atoms with van der Waals surface area (Å²) >= 11 is 0. The first-order valence-corrected chi connectivity index (χ1v) is 8.03. The number of ether oxygens (including phenoxy) is 1. The molecule has 0 amide bonds. The molecular weight excluding hydrogens is 248 g/mol. The second-order valence-corrected chi connectivity index (χ2v) is 7.12. The monoisotopic (exact) mass is 274 g/mol. The van der Waals surface area contributed by atoms with Crippen LogP contribution in [0.25, 0.3) is 0 Å². The van der Waals surface area contributed by atoms with E-state index in [2.05, 4.69) is 32.0 Å². The zero-order valence-electron chi connectivity index (χ0n) is 12.7. The first-order valence-electron chi connectivity index (χ1n) is 8.03. The Morgan fingerprint density at radius 2 is 1.85 bits per heavy atom. The largest absolute Gasteiger partial charge is 0.488 e. The van der Waals surface area contributed by atoms with Crippen LogP contribution in [0.3, 0.4) is 0 Å². The molecule has 0 radical (unpaired) electrons. The van der Waals surface area contributed by atoms with Crippen LogP contribution in [-0.4, -0.2) is 17.3 Å². The maximum atomic E-state index is 10.5. The molecule has 2 aliphatic carbocycles. The van der Waals surface area contributed by atoms with Crippen LogP contribution in [0.1, 0.15) is 57.1 Å². The molecule has 3 rings (SSSR count). The predicted octanol–water partition coefficient (Wildman–Crippen LogP) is 3.88. The molecule has 2 aliphatic rings. The highest BCUT2D eigenvalue weighted by Gasteiger charge is 2.39. The van der Waals surface area contributed by atoms with Crippen LogP contribution in [0.2, 0.25) is 0 Å². The Bertz CT molecular complexity index is 478. The Kier molecular flexibility index (Phi) is 3.76. The first-order chi connectivity index (χ1) is 9.56. The van der Waals surface area contributed by atoms with Gasteiger partial charge >= 0.3 is 0 Å². The number of fused-ring (bicyclic) bond motifs is 1. The number of hydrogen-bond acceptors (Lipinski definition) is 2. The zero-order valence-corrected chi connectivity index (χ0v) is 12.7. The molecule has 1 saturated carbocycles. The summed E-state index contributed by atoms with van der Waals surface area (Å²) < 4.78 is 6.12. The summed E-state index contributed by atoms with van der Waals surface area (Å²) in [6, 6.07) is 6.49. The van der Waals surface area contributed by atoms with Crippen LogP contribution in [0.15, 0.2) is 18.2 Å². The minimum atomic E-state index is -0.368. The number of aryl methyl sites for hydroxylation is 2. The van der Waals surface area contributed by atoms with Crippen LogP contribution in [0.5, 0.6) is 5.75 Å². The van der Waals surface area contributed by atoms with Gasteiger partial charge in [-0.3, -0.25) is 0 Å². The van der Waals surface area contributed by atoms with E-state index in [0.717, 1.165) is 25.0 Å². The molecule has 0 heterocycles. The lowest BCUT2D eigenvalue weighted by Crippen LogP contribution is -2.46. The van der Waals surface area contributed by atoms with Gasteiger partial charge in [-0.1, -0.05) is 19.9 Å². The van der Waals surface area contributed by atoms with Crippen LogP contribution in [0, 0.1) is 5.41 Å². The SMILES string of the molecule is CC1(C)CCCC(Oc2ccc3c(c2)CCCC3)C1O. The van der Waals surface area contributed by atoms with Gasteiger partial charge in [0.15, 0.2) is 0 Å². The predicted molar refractivity (Wildman–Crippen MR) is 81.1 cm³/mol. The molecule has 2 heteroatoms. The fourth-order valence-electron chi connectivity index (χ4n) is 3.65. The molecule has 1 aromatic rings. The van der Waals surface area contributed by atoms with Gasteiger partial charge in [-0.05, 0) is 73.6 Å². The highest BCUT2D eigenvalue weighted by Crippen LogP contribution is 2.37. The number of aliphatic hydroxyl groups excluding tert-OH is 1. The number of rotatable bonds is 2. The molecule has 20 heavy (non-hydrogen) atoms. The van der Waals surface area contributed by atoms with E-state index >= 15 is 0 Å². The summed E-state index contributed by atoms with van der Waals surface area (Å²) in [5.41, 5.74) is 2.89. The molecule has 0 saturated heterocycles. The third-order valence-corrected chi connectivity index (χ3v) is 5.07. The molecule has 110 valence electrons. The molecular formula is C18H26O2. The van der Waals surface area contributed by atoms with E-state index in [9.17, 15) is 5.11 Å². The van der Waals surface area contributed by atoms with Gasteiger partial charge in [-0.2, -0.15) is 0 Å². The summed E-state index contributed by atoms with van der Waals surface area (Å²) in [6.07, 6.45) is 7.73. The van der Waals surface area contributed by atoms with Crippen molar-refractivity contribution in [2.24, 2.45) is 5.41 Å². The van der Waals surface area contributed by atoms with Crippen LogP contribution >= 0.6 is 0 Å². The van der Waals surface area contributed by atoms with Gasteiger partial charge in [0.1, 0.15) is 11.9 Å². The smallest absolute Gasteiger partial charge is 0.125 e. The normalized spacial score (nSPS) is 28.8. The van der Waals surface area contributed by atoms with E-state index in [1.807, 2.05) is 0 Å². The van der Waals surface area contributed by atoms with Crippen molar-refractivity contribution in [3.05, 3.63) is 29.3 Å². The van der Waals surface area contributed by atoms with Gasteiger partial charge in [0.05, 0.1) is 6.10 Å². The molecule has 0 aromatic heterocycles. The zero-order chi connectivity index (χ0) is 14.2. The van der Waals surface area contributed by atoms with Crippen molar-refractivity contribution >= 4 is 0 Å². The fraction of sp³-hybridized carbons (Fsp3) is 0.667. The lowest BCUT2D eigenvalue weighted by molar-refractivity contribution is -0.0689. The molecule has 1 aromatic carbocycles. The lowest BCUT2D eigenvalue weighted by Gasteiger charge is -2.40. The van der Waals surface area contributed by atoms with Crippen molar-refractivity contribution < 1.29 is 9.84 Å². The van der Waals surface area contributed by atoms with Crippen molar-refractivity contribution in [2.75, 3.05) is 0 Å². The summed E-state index contributed by atoms with van der Waals surface area (Å²) in [6.45, 7) is 4.28. The lowest BCUT2D eigenvalue weighted by atomic mass is 9.73. The minimum Gasteiger partial charge on any atom is -0.488 e. The third kappa shape index (κ3) is 2.71. The van der Waals surface area contributed by atoms with Crippen LogP contribution in [0.4, 0.5) is 0 Å². The average molecular weight is 274 g/mol. The fourth-order valence-corrected chi connectivity index (χ4v) is 3.65. The molecule has 2 nitrogen and oxygen atoms in total. The Balaban J connectivity index is 1.74. The Morgan fingerprint density at radius 1 is 1.10 bits per heavy atom. The molecule has 1 fully saturated rings. The quantitative estimate of drug-likeness (QED) is 0.886. The Labute approximate surface area is 122 Å². The second kappa shape index (κ2) is 5.40. The maximum absolute atomic E-state index is 10.5. The van der Waals surface area contributed by atoms with E-state index < -0.39 is 0 Å². The molecule has 0 spiro atoms. The molecule has 2 unspecified atom stereocenters. The Hall–Kier alpha value is -1.02. The molecule has 1 N–H and O–H groups in total. The van der Waals surface area contributed by atoms with E-state index in [4.69, 9.17) is 4.74 Å². The van der Waals surface area contributed by atoms with Gasteiger partial charge in [0.25, 0.3) is 0 Å². The van der Waals surface area contributed by atoms with Gasteiger partial charge in [0, 0.05) is 0 Å². The first kappa shape index (κ1) is 13.9. The summed E-state index contributed by atoms with van der Waals surface area (Å²) in [7, 11) is 0. The standard InChI is InChI=1S/C18H26O2/c1-18(2)11-5-8-16(17(18)19)20-15-10-9-13-6-3-4-7-14(13)12-15/h9-10,12,16-17,19H,3-8,11H2,1-2H3. The summed E-state index contributed by atoms with van der Waals surface area (Å²) in [5, 5.41) is 10.5. The Morgan fingerprint density at radius 3 is 2.65 bits per heavy atom. The van der Waals surface area contributed by atoms with Crippen molar-refractivity contribution in [3.63, 3.8) is 0 Å². The van der Waals surface area contributed by atoms with E-state index in [1.165, 1.54) is 36.8 Å². The highest BCUT2D eigenvalue weighted by molar-refractivity contribution is 5.37. The average Bonchev–Trinajstić information content (AvgIpc) is 2.44. The van der Waals surface area contributed by atoms with E-state index in [1.54, 1.807) is 0 Å². The van der Waals surface area contributed by atoms with Crippen LogP contribution < -0.4 is 4.74 Å². The van der Waals surface area contributed by atoms with E-state index in [0.29, 0.717) is 0 Å². The number of aliphatic hydroxyl groups is 1. The van der Waals surface area contributed by atoms with Crippen molar-refractivity contribution in [1.82, 2.24) is 0 Å². The second-order valence-electron chi connectivity index (χ2n) is 7.12. The topological polar surface area (TPSA) is 29.5 Å².